The van der Waals surface area contributed by atoms with Crippen molar-refractivity contribution in [3.05, 3.63) is 0 Å². The van der Waals surface area contributed by atoms with Gasteiger partial charge in [0, 0.05) is 31.1 Å². The third-order valence-corrected chi connectivity index (χ3v) is 3.02. The zero-order chi connectivity index (χ0) is 15.1. The number of rotatable bonds is 8. The molecule has 0 spiro atoms. The number of carbonyl (C=O) groups is 1. The molecule has 0 aliphatic rings. The second-order valence-electron chi connectivity index (χ2n) is 6.98. The summed E-state index contributed by atoms with van der Waals surface area (Å²) in [4.78, 5) is 14.0. The summed E-state index contributed by atoms with van der Waals surface area (Å²) in [6, 6.07) is 0.416. The van der Waals surface area contributed by atoms with Crippen LogP contribution in [-0.2, 0) is 4.79 Å². The Balaban J connectivity index is 3.92. The van der Waals surface area contributed by atoms with Gasteiger partial charge in [-0.1, -0.05) is 13.8 Å². The molecule has 0 fully saturated rings. The van der Waals surface area contributed by atoms with E-state index in [0.717, 1.165) is 19.5 Å². The summed E-state index contributed by atoms with van der Waals surface area (Å²) in [5.74, 6) is 0.777. The van der Waals surface area contributed by atoms with Gasteiger partial charge in [0.05, 0.1) is 0 Å². The average Bonchev–Trinajstić information content (AvgIpc) is 2.21. The fraction of sp³-hybridized carbons (Fsp3) is 0.933. The molecule has 1 unspecified atom stereocenters. The lowest BCUT2D eigenvalue weighted by molar-refractivity contribution is -0.121. The van der Waals surface area contributed by atoms with Crippen LogP contribution in [0.4, 0.5) is 0 Å². The Hall–Kier alpha value is -0.610. The molecule has 1 amide bonds. The van der Waals surface area contributed by atoms with Gasteiger partial charge in [-0.25, -0.2) is 0 Å². The average molecular weight is 271 g/mol. The third-order valence-electron chi connectivity index (χ3n) is 3.02. The molecule has 1 atom stereocenters. The first-order valence-electron chi connectivity index (χ1n) is 7.30. The summed E-state index contributed by atoms with van der Waals surface area (Å²) in [5, 5.41) is 6.36. The summed E-state index contributed by atoms with van der Waals surface area (Å²) in [6.45, 7) is 12.2. The van der Waals surface area contributed by atoms with Gasteiger partial charge in [-0.3, -0.25) is 4.79 Å². The van der Waals surface area contributed by atoms with Crippen molar-refractivity contribution in [2.75, 3.05) is 27.2 Å². The molecule has 0 aromatic heterocycles. The molecule has 0 aliphatic carbocycles. The minimum absolute atomic E-state index is 0.0735. The Morgan fingerprint density at radius 1 is 1.21 bits per heavy atom. The molecule has 0 aromatic rings. The SMILES string of the molecule is CC(C)CC(CNC(=O)CCNC(C)(C)C)N(C)C. The summed E-state index contributed by atoms with van der Waals surface area (Å²) < 4.78 is 0. The van der Waals surface area contributed by atoms with E-state index in [4.69, 9.17) is 0 Å². The lowest BCUT2D eigenvalue weighted by Gasteiger charge is -2.26. The van der Waals surface area contributed by atoms with Crippen molar-refractivity contribution in [1.29, 1.82) is 0 Å². The van der Waals surface area contributed by atoms with Gasteiger partial charge in [0.15, 0.2) is 0 Å². The molecule has 4 heteroatoms. The predicted octanol–water partition coefficient (Wildman–Crippen LogP) is 1.86. The van der Waals surface area contributed by atoms with E-state index in [0.29, 0.717) is 18.4 Å². The molecular weight excluding hydrogens is 238 g/mol. The van der Waals surface area contributed by atoms with E-state index >= 15 is 0 Å². The van der Waals surface area contributed by atoms with Crippen LogP contribution in [-0.4, -0.2) is 49.6 Å². The van der Waals surface area contributed by atoms with Gasteiger partial charge in [0.25, 0.3) is 0 Å². The van der Waals surface area contributed by atoms with Crippen molar-refractivity contribution in [3.63, 3.8) is 0 Å². The van der Waals surface area contributed by atoms with Crippen molar-refractivity contribution >= 4 is 5.91 Å². The van der Waals surface area contributed by atoms with Crippen LogP contribution >= 0.6 is 0 Å². The molecule has 4 nitrogen and oxygen atoms in total. The van der Waals surface area contributed by atoms with Gasteiger partial charge in [0.2, 0.25) is 5.91 Å². The zero-order valence-electron chi connectivity index (χ0n) is 13.8. The van der Waals surface area contributed by atoms with E-state index in [2.05, 4.69) is 64.2 Å². The molecule has 0 saturated carbocycles. The number of hydrogen-bond donors (Lipinski definition) is 2. The number of amides is 1. The lowest BCUT2D eigenvalue weighted by atomic mass is 10.0. The molecule has 0 heterocycles. The Morgan fingerprint density at radius 2 is 1.79 bits per heavy atom. The third kappa shape index (κ3) is 11.0. The second-order valence-corrected chi connectivity index (χ2v) is 6.98. The van der Waals surface area contributed by atoms with Crippen molar-refractivity contribution in [3.8, 4) is 0 Å². The largest absolute Gasteiger partial charge is 0.354 e. The first kappa shape index (κ1) is 18.4. The molecule has 19 heavy (non-hydrogen) atoms. The molecule has 0 radical (unpaired) electrons. The first-order valence-corrected chi connectivity index (χ1v) is 7.30. The topological polar surface area (TPSA) is 44.4 Å². The van der Waals surface area contributed by atoms with Crippen molar-refractivity contribution in [2.24, 2.45) is 5.92 Å². The summed E-state index contributed by atoms with van der Waals surface area (Å²) in [7, 11) is 4.14. The van der Waals surface area contributed by atoms with E-state index in [1.807, 2.05) is 0 Å². The lowest BCUT2D eigenvalue weighted by Crippen LogP contribution is -2.42. The van der Waals surface area contributed by atoms with Crippen molar-refractivity contribution in [2.45, 2.75) is 59.0 Å². The van der Waals surface area contributed by atoms with Crippen LogP contribution in [0, 0.1) is 5.92 Å². The minimum Gasteiger partial charge on any atom is -0.354 e. The normalized spacial score (nSPS) is 13.9. The smallest absolute Gasteiger partial charge is 0.221 e. The van der Waals surface area contributed by atoms with Crippen LogP contribution in [0.25, 0.3) is 0 Å². The van der Waals surface area contributed by atoms with E-state index < -0.39 is 0 Å². The van der Waals surface area contributed by atoms with E-state index in [9.17, 15) is 4.79 Å². The Labute approximate surface area is 119 Å². The quantitative estimate of drug-likeness (QED) is 0.708. The first-order chi connectivity index (χ1) is 8.61. The Bertz CT molecular complexity index is 257. The van der Waals surface area contributed by atoms with Crippen LogP contribution in [0.2, 0.25) is 0 Å². The highest BCUT2D eigenvalue weighted by Crippen LogP contribution is 2.08. The number of nitrogens with zero attached hydrogens (tertiary/aromatic N) is 1. The highest BCUT2D eigenvalue weighted by molar-refractivity contribution is 5.76. The highest BCUT2D eigenvalue weighted by atomic mass is 16.1. The molecule has 0 rings (SSSR count). The number of likely N-dealkylation sites (N-methyl/N-ethyl adjacent to an activating group) is 1. The van der Waals surface area contributed by atoms with Crippen LogP contribution in [0.15, 0.2) is 0 Å². The summed E-state index contributed by atoms with van der Waals surface area (Å²) in [6.07, 6.45) is 1.65. The molecule has 114 valence electrons. The van der Waals surface area contributed by atoms with Crippen LogP contribution in [0.3, 0.4) is 0 Å². The van der Waals surface area contributed by atoms with Gasteiger partial charge in [-0.2, -0.15) is 0 Å². The molecular formula is C15H33N3O. The van der Waals surface area contributed by atoms with Crippen molar-refractivity contribution < 1.29 is 4.79 Å². The monoisotopic (exact) mass is 271 g/mol. The molecule has 0 saturated heterocycles. The Kier molecular flexibility index (Phi) is 8.26. The van der Waals surface area contributed by atoms with E-state index in [1.54, 1.807) is 0 Å². The number of carbonyl (C=O) groups excluding carboxylic acids is 1. The second kappa shape index (κ2) is 8.54. The van der Waals surface area contributed by atoms with Crippen LogP contribution < -0.4 is 10.6 Å². The standard InChI is InChI=1S/C15H33N3O/c1-12(2)10-13(18(6)7)11-16-14(19)8-9-17-15(3,4)5/h12-13,17H,8-11H2,1-7H3,(H,16,19). The number of hydrogen-bond acceptors (Lipinski definition) is 3. The predicted molar refractivity (Wildman–Crippen MR) is 82.3 cm³/mol. The van der Waals surface area contributed by atoms with Gasteiger partial charge in [-0.15, -0.1) is 0 Å². The van der Waals surface area contributed by atoms with Gasteiger partial charge in [-0.05, 0) is 47.2 Å². The van der Waals surface area contributed by atoms with Gasteiger partial charge in [0.1, 0.15) is 0 Å². The molecule has 0 bridgehead atoms. The van der Waals surface area contributed by atoms with Crippen LogP contribution in [0.5, 0.6) is 0 Å². The summed E-state index contributed by atoms with van der Waals surface area (Å²) in [5.41, 5.74) is 0.0735. The maximum absolute atomic E-state index is 11.8. The highest BCUT2D eigenvalue weighted by Gasteiger charge is 2.15. The fourth-order valence-corrected chi connectivity index (χ4v) is 1.89. The maximum Gasteiger partial charge on any atom is 0.221 e. The molecule has 2 N–H and O–H groups in total. The number of nitrogens with one attached hydrogen (secondary N) is 2. The molecule has 0 aromatic carbocycles. The van der Waals surface area contributed by atoms with Gasteiger partial charge >= 0.3 is 0 Å². The Morgan fingerprint density at radius 3 is 2.21 bits per heavy atom. The van der Waals surface area contributed by atoms with Crippen LogP contribution in [0.1, 0.15) is 47.5 Å². The zero-order valence-corrected chi connectivity index (χ0v) is 13.8. The molecule has 0 aliphatic heterocycles. The summed E-state index contributed by atoms with van der Waals surface area (Å²) >= 11 is 0. The van der Waals surface area contributed by atoms with E-state index in [-0.39, 0.29) is 11.4 Å². The maximum atomic E-state index is 11.8. The van der Waals surface area contributed by atoms with Crippen molar-refractivity contribution in [1.82, 2.24) is 15.5 Å². The minimum atomic E-state index is 0.0735. The fourth-order valence-electron chi connectivity index (χ4n) is 1.89. The van der Waals surface area contributed by atoms with Gasteiger partial charge < -0.3 is 15.5 Å². The van der Waals surface area contributed by atoms with E-state index in [1.165, 1.54) is 0 Å².